The second-order valence-corrected chi connectivity index (χ2v) is 8.45. The lowest BCUT2D eigenvalue weighted by atomic mass is 10.1. The van der Waals surface area contributed by atoms with Crippen LogP contribution < -0.4 is 0 Å². The zero-order chi connectivity index (χ0) is 19.7. The van der Waals surface area contributed by atoms with Crippen molar-refractivity contribution in [3.05, 3.63) is 65.2 Å². The molecule has 1 aliphatic rings. The first-order chi connectivity index (χ1) is 12.7. The highest BCUT2D eigenvalue weighted by Crippen LogP contribution is 2.34. The molecule has 0 atom stereocenters. The maximum absolute atomic E-state index is 13.1. The van der Waals surface area contributed by atoms with Crippen molar-refractivity contribution < 1.29 is 26.3 Å². The molecule has 0 saturated heterocycles. The van der Waals surface area contributed by atoms with Crippen molar-refractivity contribution in [3.63, 3.8) is 0 Å². The maximum atomic E-state index is 13.1. The van der Waals surface area contributed by atoms with Gasteiger partial charge in [0.15, 0.2) is 0 Å². The van der Waals surface area contributed by atoms with E-state index in [0.717, 1.165) is 30.5 Å². The Labute approximate surface area is 156 Å². The van der Waals surface area contributed by atoms with Gasteiger partial charge in [0.25, 0.3) is 0 Å². The van der Waals surface area contributed by atoms with Gasteiger partial charge >= 0.3 is 6.18 Å². The number of hydrogen-bond donors (Lipinski definition) is 0. The second-order valence-electron chi connectivity index (χ2n) is 6.56. The van der Waals surface area contributed by atoms with Crippen molar-refractivity contribution in [2.45, 2.75) is 43.1 Å². The summed E-state index contributed by atoms with van der Waals surface area (Å²) in [5, 5.41) is 0. The minimum atomic E-state index is -4.41. The van der Waals surface area contributed by atoms with E-state index in [9.17, 15) is 21.6 Å². The SMILES string of the molecule is COCc1cccc(S(=O)(=O)N(Cc2ccc(C(F)(F)F)cc2)C2CC2)c1. The predicted octanol–water partition coefficient (Wildman–Crippen LogP) is 4.21. The van der Waals surface area contributed by atoms with Gasteiger partial charge in [-0.2, -0.15) is 17.5 Å². The molecule has 27 heavy (non-hydrogen) atoms. The number of halogens is 3. The van der Waals surface area contributed by atoms with Crippen molar-refractivity contribution in [1.82, 2.24) is 4.31 Å². The molecule has 2 aromatic rings. The average Bonchev–Trinajstić information content (AvgIpc) is 3.44. The lowest BCUT2D eigenvalue weighted by Crippen LogP contribution is -2.32. The van der Waals surface area contributed by atoms with Gasteiger partial charge in [0.05, 0.1) is 17.1 Å². The van der Waals surface area contributed by atoms with Crippen molar-refractivity contribution >= 4 is 10.0 Å². The van der Waals surface area contributed by atoms with E-state index in [1.165, 1.54) is 29.6 Å². The van der Waals surface area contributed by atoms with Crippen molar-refractivity contribution in [2.75, 3.05) is 7.11 Å². The minimum Gasteiger partial charge on any atom is -0.380 e. The molecule has 0 unspecified atom stereocenters. The Morgan fingerprint density at radius 2 is 1.74 bits per heavy atom. The first-order valence-corrected chi connectivity index (χ1v) is 9.91. The van der Waals surface area contributed by atoms with Crippen LogP contribution in [-0.2, 0) is 34.1 Å². The van der Waals surface area contributed by atoms with E-state index in [1.807, 2.05) is 0 Å². The molecular weight excluding hydrogens is 379 g/mol. The smallest absolute Gasteiger partial charge is 0.380 e. The number of methoxy groups -OCH3 is 1. The molecule has 146 valence electrons. The zero-order valence-electron chi connectivity index (χ0n) is 14.7. The van der Waals surface area contributed by atoms with Crippen LogP contribution in [0.4, 0.5) is 13.2 Å². The third-order valence-corrected chi connectivity index (χ3v) is 6.28. The van der Waals surface area contributed by atoms with E-state index < -0.39 is 21.8 Å². The molecule has 0 N–H and O–H groups in total. The fraction of sp³-hybridized carbons (Fsp3) is 0.368. The molecular formula is C19H20F3NO3S. The van der Waals surface area contributed by atoms with E-state index >= 15 is 0 Å². The van der Waals surface area contributed by atoms with Gasteiger partial charge in [0.1, 0.15) is 0 Å². The monoisotopic (exact) mass is 399 g/mol. The third kappa shape index (κ3) is 4.69. The van der Waals surface area contributed by atoms with E-state index in [0.29, 0.717) is 12.2 Å². The molecule has 0 aliphatic heterocycles. The van der Waals surface area contributed by atoms with Crippen LogP contribution in [0.1, 0.15) is 29.5 Å². The summed E-state index contributed by atoms with van der Waals surface area (Å²) in [4.78, 5) is 0.163. The molecule has 1 saturated carbocycles. The first kappa shape index (κ1) is 19.9. The summed E-state index contributed by atoms with van der Waals surface area (Å²) < 4.78 is 70.8. The predicted molar refractivity (Wildman–Crippen MR) is 94.3 cm³/mol. The van der Waals surface area contributed by atoms with Gasteiger partial charge in [-0.3, -0.25) is 0 Å². The number of rotatable bonds is 7. The average molecular weight is 399 g/mol. The number of hydrogen-bond acceptors (Lipinski definition) is 3. The molecule has 2 aromatic carbocycles. The standard InChI is InChI=1S/C19H20F3NO3S/c1-26-13-15-3-2-4-18(11-15)27(24,25)23(17-9-10-17)12-14-5-7-16(8-6-14)19(20,21)22/h2-8,11,17H,9-10,12-13H2,1H3. The Kier molecular flexibility index (Phi) is 5.60. The number of nitrogens with zero attached hydrogens (tertiary/aromatic N) is 1. The Morgan fingerprint density at radius 1 is 1.07 bits per heavy atom. The molecule has 0 aromatic heterocycles. The van der Waals surface area contributed by atoms with E-state index in [1.54, 1.807) is 18.2 Å². The number of sulfonamides is 1. The van der Waals surface area contributed by atoms with Crippen LogP contribution in [0.3, 0.4) is 0 Å². The first-order valence-electron chi connectivity index (χ1n) is 8.47. The van der Waals surface area contributed by atoms with E-state index in [4.69, 9.17) is 4.74 Å². The van der Waals surface area contributed by atoms with Gasteiger partial charge in [-0.25, -0.2) is 8.42 Å². The molecule has 8 heteroatoms. The fourth-order valence-electron chi connectivity index (χ4n) is 2.85. The molecule has 0 bridgehead atoms. The third-order valence-electron chi connectivity index (χ3n) is 4.39. The van der Waals surface area contributed by atoms with Crippen LogP contribution in [0.5, 0.6) is 0 Å². The lowest BCUT2D eigenvalue weighted by molar-refractivity contribution is -0.137. The van der Waals surface area contributed by atoms with Crippen molar-refractivity contribution in [1.29, 1.82) is 0 Å². The summed E-state index contributed by atoms with van der Waals surface area (Å²) >= 11 is 0. The molecule has 0 heterocycles. The van der Waals surface area contributed by atoms with Gasteiger partial charge in [-0.15, -0.1) is 0 Å². The summed E-state index contributed by atoms with van der Waals surface area (Å²) in [6.07, 6.45) is -2.92. The van der Waals surface area contributed by atoms with Crippen LogP contribution >= 0.6 is 0 Å². The van der Waals surface area contributed by atoms with Gasteiger partial charge in [-0.1, -0.05) is 24.3 Å². The summed E-state index contributed by atoms with van der Waals surface area (Å²) in [5.41, 5.74) is 0.509. The summed E-state index contributed by atoms with van der Waals surface area (Å²) in [6, 6.07) is 11.0. The van der Waals surface area contributed by atoms with Gasteiger partial charge in [-0.05, 0) is 48.2 Å². The van der Waals surface area contributed by atoms with Crippen LogP contribution in [0, 0.1) is 0 Å². The Bertz CT molecular complexity index is 891. The van der Waals surface area contributed by atoms with E-state index in [2.05, 4.69) is 0 Å². The number of ether oxygens (including phenoxy) is 1. The van der Waals surface area contributed by atoms with Gasteiger partial charge in [0.2, 0.25) is 10.0 Å². The number of benzene rings is 2. The van der Waals surface area contributed by atoms with Crippen LogP contribution in [0.25, 0.3) is 0 Å². The molecule has 1 fully saturated rings. The summed E-state index contributed by atoms with van der Waals surface area (Å²) in [5.74, 6) is 0. The molecule has 0 radical (unpaired) electrons. The topological polar surface area (TPSA) is 46.6 Å². The molecule has 1 aliphatic carbocycles. The normalized spacial score (nSPS) is 15.3. The lowest BCUT2D eigenvalue weighted by Gasteiger charge is -2.22. The van der Waals surface area contributed by atoms with Crippen molar-refractivity contribution in [2.24, 2.45) is 0 Å². The molecule has 0 amide bonds. The molecule has 3 rings (SSSR count). The van der Waals surface area contributed by atoms with Gasteiger partial charge in [0, 0.05) is 19.7 Å². The quantitative estimate of drug-likeness (QED) is 0.701. The second kappa shape index (κ2) is 7.61. The van der Waals surface area contributed by atoms with Gasteiger partial charge < -0.3 is 4.74 Å². The summed E-state index contributed by atoms with van der Waals surface area (Å²) in [6.45, 7) is 0.339. The van der Waals surface area contributed by atoms with E-state index in [-0.39, 0.29) is 17.5 Å². The van der Waals surface area contributed by atoms with Crippen LogP contribution in [0.15, 0.2) is 53.4 Å². The summed E-state index contributed by atoms with van der Waals surface area (Å²) in [7, 11) is -2.23. The van der Waals surface area contributed by atoms with Crippen LogP contribution in [0.2, 0.25) is 0 Å². The maximum Gasteiger partial charge on any atom is 0.416 e. The number of alkyl halides is 3. The Balaban J connectivity index is 1.86. The largest absolute Gasteiger partial charge is 0.416 e. The Hall–Kier alpha value is -1.90. The highest BCUT2D eigenvalue weighted by Gasteiger charge is 2.38. The fourth-order valence-corrected chi connectivity index (χ4v) is 4.59. The van der Waals surface area contributed by atoms with Crippen molar-refractivity contribution in [3.8, 4) is 0 Å². The Morgan fingerprint density at radius 3 is 2.30 bits per heavy atom. The molecule has 0 spiro atoms. The highest BCUT2D eigenvalue weighted by atomic mass is 32.2. The minimum absolute atomic E-state index is 0.0413. The van der Waals surface area contributed by atoms with Crippen LogP contribution in [-0.4, -0.2) is 25.9 Å². The highest BCUT2D eigenvalue weighted by molar-refractivity contribution is 7.89. The zero-order valence-corrected chi connectivity index (χ0v) is 15.6. The molecule has 4 nitrogen and oxygen atoms in total.